The van der Waals surface area contributed by atoms with Crippen LogP contribution in [0.1, 0.15) is 44.8 Å². The zero-order valence-corrected chi connectivity index (χ0v) is 14.8. The van der Waals surface area contributed by atoms with E-state index in [1.807, 2.05) is 31.2 Å². The molecule has 2 aromatic rings. The molecule has 0 atom stereocenters. The monoisotopic (exact) mass is 343 g/mol. The normalized spacial score (nSPS) is 13.2. The van der Waals surface area contributed by atoms with E-state index in [1.165, 1.54) is 23.3 Å². The van der Waals surface area contributed by atoms with Gasteiger partial charge in [-0.05, 0) is 43.7 Å². The Balaban J connectivity index is 1.81. The molecule has 1 aliphatic rings. The maximum absolute atomic E-state index is 12.4. The second-order valence-corrected chi connectivity index (χ2v) is 7.22. The van der Waals surface area contributed by atoms with Crippen molar-refractivity contribution >= 4 is 28.2 Å². The third-order valence-electron chi connectivity index (χ3n) is 4.30. The SMILES string of the molecule is COC(=O)c1c(NC(=O)Cc2ccc(C)cc2)sc2c1CCCC2. The highest BCUT2D eigenvalue weighted by Gasteiger charge is 2.26. The molecule has 5 heteroatoms. The van der Waals surface area contributed by atoms with Crippen LogP contribution in [-0.2, 0) is 28.8 Å². The minimum absolute atomic E-state index is 0.109. The molecule has 1 aliphatic carbocycles. The van der Waals surface area contributed by atoms with Gasteiger partial charge in [0.1, 0.15) is 5.00 Å². The summed E-state index contributed by atoms with van der Waals surface area (Å²) in [6, 6.07) is 7.89. The van der Waals surface area contributed by atoms with Crippen molar-refractivity contribution in [3.63, 3.8) is 0 Å². The lowest BCUT2D eigenvalue weighted by molar-refractivity contribution is -0.115. The van der Waals surface area contributed by atoms with E-state index in [2.05, 4.69) is 5.32 Å². The minimum atomic E-state index is -0.361. The summed E-state index contributed by atoms with van der Waals surface area (Å²) in [7, 11) is 1.38. The number of hydrogen-bond donors (Lipinski definition) is 1. The topological polar surface area (TPSA) is 55.4 Å². The van der Waals surface area contributed by atoms with Crippen molar-refractivity contribution in [1.82, 2.24) is 0 Å². The Morgan fingerprint density at radius 3 is 2.58 bits per heavy atom. The van der Waals surface area contributed by atoms with E-state index in [-0.39, 0.29) is 11.9 Å². The van der Waals surface area contributed by atoms with Gasteiger partial charge < -0.3 is 10.1 Å². The number of nitrogens with one attached hydrogen (secondary N) is 1. The molecule has 0 saturated heterocycles. The van der Waals surface area contributed by atoms with Crippen molar-refractivity contribution in [3.8, 4) is 0 Å². The number of aryl methyl sites for hydroxylation is 2. The molecule has 1 heterocycles. The maximum Gasteiger partial charge on any atom is 0.341 e. The summed E-state index contributed by atoms with van der Waals surface area (Å²) < 4.78 is 4.93. The van der Waals surface area contributed by atoms with E-state index >= 15 is 0 Å². The number of esters is 1. The van der Waals surface area contributed by atoms with E-state index in [1.54, 1.807) is 0 Å². The van der Waals surface area contributed by atoms with Gasteiger partial charge in [-0.25, -0.2) is 4.79 Å². The van der Waals surface area contributed by atoms with Crippen molar-refractivity contribution in [3.05, 3.63) is 51.4 Å². The molecule has 4 nitrogen and oxygen atoms in total. The number of fused-ring (bicyclic) bond motifs is 1. The average Bonchev–Trinajstić information content (AvgIpc) is 2.94. The Labute approximate surface area is 145 Å². The van der Waals surface area contributed by atoms with Gasteiger partial charge in [-0.2, -0.15) is 0 Å². The number of methoxy groups -OCH3 is 1. The highest BCUT2D eigenvalue weighted by Crippen LogP contribution is 2.38. The first-order chi connectivity index (χ1) is 11.6. The number of carbonyl (C=O) groups excluding carboxylic acids is 2. The van der Waals surface area contributed by atoms with Crippen molar-refractivity contribution in [2.45, 2.75) is 39.0 Å². The van der Waals surface area contributed by atoms with Crippen LogP contribution in [0, 0.1) is 6.92 Å². The number of amides is 1. The summed E-state index contributed by atoms with van der Waals surface area (Å²) in [6.07, 6.45) is 4.35. The van der Waals surface area contributed by atoms with Crippen LogP contribution in [0.25, 0.3) is 0 Å². The number of thiophene rings is 1. The van der Waals surface area contributed by atoms with Crippen molar-refractivity contribution in [2.24, 2.45) is 0 Å². The molecule has 1 amide bonds. The van der Waals surface area contributed by atoms with E-state index in [4.69, 9.17) is 4.74 Å². The lowest BCUT2D eigenvalue weighted by Gasteiger charge is -2.11. The molecule has 0 spiro atoms. The Morgan fingerprint density at radius 2 is 1.88 bits per heavy atom. The predicted molar refractivity (Wildman–Crippen MR) is 95.8 cm³/mol. The van der Waals surface area contributed by atoms with E-state index < -0.39 is 0 Å². The molecule has 0 bridgehead atoms. The van der Waals surface area contributed by atoms with Gasteiger partial charge in [0.25, 0.3) is 0 Å². The van der Waals surface area contributed by atoms with Crippen molar-refractivity contribution in [2.75, 3.05) is 12.4 Å². The molecule has 24 heavy (non-hydrogen) atoms. The third kappa shape index (κ3) is 3.51. The van der Waals surface area contributed by atoms with Crippen LogP contribution in [0.2, 0.25) is 0 Å². The van der Waals surface area contributed by atoms with E-state index in [0.717, 1.165) is 42.4 Å². The summed E-state index contributed by atoms with van der Waals surface area (Å²) in [5.74, 6) is -0.470. The van der Waals surface area contributed by atoms with Gasteiger partial charge in [-0.3, -0.25) is 4.79 Å². The fraction of sp³-hybridized carbons (Fsp3) is 0.368. The molecule has 3 rings (SSSR count). The molecule has 126 valence electrons. The van der Waals surface area contributed by atoms with Crippen LogP contribution in [-0.4, -0.2) is 19.0 Å². The third-order valence-corrected chi connectivity index (χ3v) is 5.51. The minimum Gasteiger partial charge on any atom is -0.465 e. The second kappa shape index (κ2) is 7.18. The number of rotatable bonds is 4. The standard InChI is InChI=1S/C19H21NO3S/c1-12-7-9-13(10-8-12)11-16(21)20-18-17(19(22)23-2)14-5-3-4-6-15(14)24-18/h7-10H,3-6,11H2,1-2H3,(H,20,21). The van der Waals surface area contributed by atoms with Crippen molar-refractivity contribution < 1.29 is 14.3 Å². The van der Waals surface area contributed by atoms with Crippen LogP contribution >= 0.6 is 11.3 Å². The molecule has 0 fully saturated rings. The van der Waals surface area contributed by atoms with Crippen LogP contribution < -0.4 is 5.32 Å². The smallest absolute Gasteiger partial charge is 0.341 e. The molecule has 0 aliphatic heterocycles. The first-order valence-electron chi connectivity index (χ1n) is 8.16. The molecule has 0 saturated carbocycles. The Morgan fingerprint density at radius 1 is 1.17 bits per heavy atom. The van der Waals surface area contributed by atoms with E-state index in [9.17, 15) is 9.59 Å². The van der Waals surface area contributed by atoms with Crippen LogP contribution in [0.3, 0.4) is 0 Å². The van der Waals surface area contributed by atoms with Crippen molar-refractivity contribution in [1.29, 1.82) is 0 Å². The summed E-state index contributed by atoms with van der Waals surface area (Å²) in [6.45, 7) is 2.02. The van der Waals surface area contributed by atoms with Gasteiger partial charge in [0.05, 0.1) is 19.1 Å². The fourth-order valence-corrected chi connectivity index (χ4v) is 4.33. The summed E-state index contributed by atoms with van der Waals surface area (Å²) in [5.41, 5.74) is 3.73. The van der Waals surface area contributed by atoms with Gasteiger partial charge >= 0.3 is 5.97 Å². The second-order valence-electron chi connectivity index (χ2n) is 6.12. The Hall–Kier alpha value is -2.14. The molecular formula is C19H21NO3S. The number of carbonyl (C=O) groups is 2. The van der Waals surface area contributed by atoms with Gasteiger partial charge in [0.15, 0.2) is 0 Å². The maximum atomic E-state index is 12.4. The molecule has 1 aromatic heterocycles. The average molecular weight is 343 g/mol. The lowest BCUT2D eigenvalue weighted by atomic mass is 9.95. The zero-order valence-electron chi connectivity index (χ0n) is 14.0. The number of ether oxygens (including phenoxy) is 1. The zero-order chi connectivity index (χ0) is 17.1. The Bertz CT molecular complexity index is 762. The largest absolute Gasteiger partial charge is 0.465 e. The van der Waals surface area contributed by atoms with Crippen LogP contribution in [0.4, 0.5) is 5.00 Å². The lowest BCUT2D eigenvalue weighted by Crippen LogP contribution is -2.16. The van der Waals surface area contributed by atoms with E-state index in [0.29, 0.717) is 17.0 Å². The number of benzene rings is 1. The predicted octanol–water partition coefficient (Wildman–Crippen LogP) is 3.90. The first kappa shape index (κ1) is 16.7. The summed E-state index contributed by atoms with van der Waals surface area (Å²) in [4.78, 5) is 25.8. The van der Waals surface area contributed by atoms with Crippen LogP contribution in [0.15, 0.2) is 24.3 Å². The van der Waals surface area contributed by atoms with Gasteiger partial charge in [0.2, 0.25) is 5.91 Å². The number of anilines is 1. The summed E-state index contributed by atoms with van der Waals surface area (Å²) in [5, 5.41) is 3.56. The molecule has 0 radical (unpaired) electrons. The molecule has 1 aromatic carbocycles. The molecular weight excluding hydrogens is 322 g/mol. The highest BCUT2D eigenvalue weighted by atomic mass is 32.1. The van der Waals surface area contributed by atoms with Crippen LogP contribution in [0.5, 0.6) is 0 Å². The summed E-state index contributed by atoms with van der Waals surface area (Å²) >= 11 is 1.51. The quantitative estimate of drug-likeness (QED) is 0.857. The molecule has 0 unspecified atom stereocenters. The number of hydrogen-bond acceptors (Lipinski definition) is 4. The Kier molecular flexibility index (Phi) is 5.00. The van der Waals surface area contributed by atoms with Gasteiger partial charge in [-0.15, -0.1) is 11.3 Å². The fourth-order valence-electron chi connectivity index (χ4n) is 3.03. The first-order valence-corrected chi connectivity index (χ1v) is 8.98. The highest BCUT2D eigenvalue weighted by molar-refractivity contribution is 7.17. The van der Waals surface area contributed by atoms with Gasteiger partial charge in [-0.1, -0.05) is 29.8 Å². The van der Waals surface area contributed by atoms with Gasteiger partial charge in [0, 0.05) is 4.88 Å². The molecule has 1 N–H and O–H groups in total.